The van der Waals surface area contributed by atoms with Crippen LogP contribution in [-0.2, 0) is 22.5 Å². The van der Waals surface area contributed by atoms with Gasteiger partial charge >= 0.3 is 11.9 Å². The lowest BCUT2D eigenvalue weighted by Crippen LogP contribution is -2.09. The number of carbonyl (C=O) groups is 2. The Bertz CT molecular complexity index is 1050. The van der Waals surface area contributed by atoms with Gasteiger partial charge in [-0.2, -0.15) is 0 Å². The van der Waals surface area contributed by atoms with Gasteiger partial charge in [-0.25, -0.2) is 4.79 Å². The van der Waals surface area contributed by atoms with Gasteiger partial charge in [0.25, 0.3) is 0 Å². The third-order valence-electron chi connectivity index (χ3n) is 4.86. The molecule has 7 nitrogen and oxygen atoms in total. The van der Waals surface area contributed by atoms with Gasteiger partial charge in [0.05, 0.1) is 25.0 Å². The van der Waals surface area contributed by atoms with Crippen LogP contribution in [0.3, 0.4) is 0 Å². The van der Waals surface area contributed by atoms with E-state index in [9.17, 15) is 14.7 Å². The maximum atomic E-state index is 11.5. The summed E-state index contributed by atoms with van der Waals surface area (Å²) in [4.78, 5) is 23.1. The first kappa shape index (κ1) is 22.6. The average molecular weight is 440 g/mol. The van der Waals surface area contributed by atoms with Gasteiger partial charge in [0, 0.05) is 6.42 Å². The zero-order valence-corrected chi connectivity index (χ0v) is 18.4. The Kier molecular flexibility index (Phi) is 7.83. The van der Waals surface area contributed by atoms with Gasteiger partial charge in [-0.1, -0.05) is 67.6 Å². The van der Waals surface area contributed by atoms with Crippen molar-refractivity contribution in [1.82, 2.24) is 14.8 Å². The maximum absolute atomic E-state index is 11.5. The first-order chi connectivity index (χ1) is 15.0. The number of aromatic carboxylic acids is 1. The van der Waals surface area contributed by atoms with E-state index in [1.807, 2.05) is 41.0 Å². The number of esters is 1. The fraction of sp³-hybridized carbons (Fsp3) is 0.304. The summed E-state index contributed by atoms with van der Waals surface area (Å²) in [7, 11) is 1.37. The van der Waals surface area contributed by atoms with E-state index in [-0.39, 0.29) is 17.3 Å². The zero-order valence-electron chi connectivity index (χ0n) is 17.6. The zero-order chi connectivity index (χ0) is 22.2. The number of carboxylic acid groups (broad SMARTS) is 1. The second-order valence-electron chi connectivity index (χ2n) is 7.00. The van der Waals surface area contributed by atoms with Crippen molar-refractivity contribution in [2.45, 2.75) is 37.9 Å². The molecule has 0 bridgehead atoms. The molecule has 0 unspecified atom stereocenters. The third-order valence-corrected chi connectivity index (χ3v) is 5.80. The van der Waals surface area contributed by atoms with Crippen LogP contribution in [0.15, 0.2) is 53.7 Å². The van der Waals surface area contributed by atoms with E-state index in [0.29, 0.717) is 17.3 Å². The number of thioether (sulfide) groups is 1. The van der Waals surface area contributed by atoms with Gasteiger partial charge in [-0.3, -0.25) is 4.79 Å². The average Bonchev–Trinajstić information content (AvgIpc) is 3.17. The van der Waals surface area contributed by atoms with Crippen LogP contribution in [0.25, 0.3) is 11.1 Å². The molecule has 0 atom stereocenters. The monoisotopic (exact) mass is 439 g/mol. The number of unbranched alkanes of at least 4 members (excludes halogenated alkanes) is 1. The Morgan fingerprint density at radius 1 is 1.10 bits per heavy atom. The highest BCUT2D eigenvalue weighted by molar-refractivity contribution is 7.99. The number of aryl methyl sites for hydroxylation is 1. The minimum Gasteiger partial charge on any atom is -0.478 e. The molecule has 1 N–H and O–H groups in total. The van der Waals surface area contributed by atoms with E-state index < -0.39 is 5.97 Å². The largest absolute Gasteiger partial charge is 0.478 e. The minimum absolute atomic E-state index is 0.174. The molecule has 3 aromatic rings. The number of hydrogen-bond donors (Lipinski definition) is 1. The molecule has 0 aliphatic heterocycles. The highest BCUT2D eigenvalue weighted by Crippen LogP contribution is 2.25. The number of methoxy groups -OCH3 is 1. The molecule has 0 amide bonds. The predicted molar refractivity (Wildman–Crippen MR) is 119 cm³/mol. The van der Waals surface area contributed by atoms with E-state index in [1.165, 1.54) is 18.9 Å². The molecule has 2 aromatic carbocycles. The number of nitrogens with zero attached hydrogens (tertiary/aromatic N) is 3. The molecule has 8 heteroatoms. The van der Waals surface area contributed by atoms with E-state index in [2.05, 4.69) is 17.1 Å². The molecule has 1 heterocycles. The van der Waals surface area contributed by atoms with Crippen molar-refractivity contribution in [1.29, 1.82) is 0 Å². The summed E-state index contributed by atoms with van der Waals surface area (Å²) in [5.41, 5.74) is 2.84. The van der Waals surface area contributed by atoms with Crippen LogP contribution < -0.4 is 0 Å². The molecule has 0 spiro atoms. The van der Waals surface area contributed by atoms with Crippen LogP contribution >= 0.6 is 11.8 Å². The Morgan fingerprint density at radius 2 is 1.84 bits per heavy atom. The standard InChI is InChI=1S/C23H25N3O4S/c1-3-4-9-20-24-25-23(31-15-21(27)30-2)26(20)14-16-10-12-17(13-11-16)18-7-5-6-8-19(18)22(28)29/h5-8,10-13H,3-4,9,14-15H2,1-2H3,(H,28,29). The number of hydrogen-bond acceptors (Lipinski definition) is 6. The molecule has 0 aliphatic rings. The normalized spacial score (nSPS) is 10.8. The molecule has 1 aromatic heterocycles. The first-order valence-corrected chi connectivity index (χ1v) is 11.0. The van der Waals surface area contributed by atoms with Crippen LogP contribution in [0.5, 0.6) is 0 Å². The van der Waals surface area contributed by atoms with Crippen LogP contribution in [0, 0.1) is 0 Å². The maximum Gasteiger partial charge on any atom is 0.336 e. The Morgan fingerprint density at radius 3 is 2.52 bits per heavy atom. The van der Waals surface area contributed by atoms with Crippen molar-refractivity contribution in [3.8, 4) is 11.1 Å². The second-order valence-corrected chi connectivity index (χ2v) is 7.94. The van der Waals surface area contributed by atoms with Gasteiger partial charge in [-0.15, -0.1) is 10.2 Å². The predicted octanol–water partition coefficient (Wildman–Crippen LogP) is 4.30. The van der Waals surface area contributed by atoms with Gasteiger partial charge < -0.3 is 14.4 Å². The van der Waals surface area contributed by atoms with E-state index in [1.54, 1.807) is 12.1 Å². The Hall–Kier alpha value is -3.13. The highest BCUT2D eigenvalue weighted by Gasteiger charge is 2.15. The lowest BCUT2D eigenvalue weighted by Gasteiger charge is -2.11. The lowest BCUT2D eigenvalue weighted by molar-refractivity contribution is -0.137. The molecule has 0 saturated carbocycles. The van der Waals surface area contributed by atoms with Crippen LogP contribution in [0.4, 0.5) is 0 Å². The summed E-state index contributed by atoms with van der Waals surface area (Å²) in [6.07, 6.45) is 2.87. The first-order valence-electron chi connectivity index (χ1n) is 10.1. The number of carboxylic acids is 1. The van der Waals surface area contributed by atoms with Gasteiger partial charge in [0.1, 0.15) is 5.82 Å². The van der Waals surface area contributed by atoms with Gasteiger partial charge in [0.15, 0.2) is 5.16 Å². The molecule has 0 aliphatic carbocycles. The number of ether oxygens (including phenoxy) is 1. The summed E-state index contributed by atoms with van der Waals surface area (Å²) in [5, 5.41) is 18.7. The molecular formula is C23H25N3O4S. The second kappa shape index (κ2) is 10.8. The van der Waals surface area contributed by atoms with Crippen molar-refractivity contribution in [2.24, 2.45) is 0 Å². The molecule has 0 saturated heterocycles. The van der Waals surface area contributed by atoms with E-state index in [0.717, 1.165) is 36.2 Å². The van der Waals surface area contributed by atoms with Crippen LogP contribution in [0.2, 0.25) is 0 Å². The fourth-order valence-corrected chi connectivity index (χ4v) is 3.97. The van der Waals surface area contributed by atoms with Gasteiger partial charge in [0.2, 0.25) is 0 Å². The van der Waals surface area contributed by atoms with Gasteiger partial charge in [-0.05, 0) is 29.2 Å². The smallest absolute Gasteiger partial charge is 0.336 e. The minimum atomic E-state index is -0.947. The highest BCUT2D eigenvalue weighted by atomic mass is 32.2. The third kappa shape index (κ3) is 5.73. The summed E-state index contributed by atoms with van der Waals surface area (Å²) >= 11 is 1.31. The summed E-state index contributed by atoms with van der Waals surface area (Å²) < 4.78 is 6.76. The topological polar surface area (TPSA) is 94.3 Å². The molecular weight excluding hydrogens is 414 g/mol. The van der Waals surface area contributed by atoms with Crippen LogP contribution in [0.1, 0.15) is 41.5 Å². The van der Waals surface area contributed by atoms with Crippen molar-refractivity contribution in [3.63, 3.8) is 0 Å². The lowest BCUT2D eigenvalue weighted by atomic mass is 9.99. The van der Waals surface area contributed by atoms with Crippen molar-refractivity contribution in [3.05, 3.63) is 65.5 Å². The van der Waals surface area contributed by atoms with E-state index >= 15 is 0 Å². The van der Waals surface area contributed by atoms with E-state index in [4.69, 9.17) is 4.74 Å². The number of aromatic nitrogens is 3. The Labute approximate surface area is 185 Å². The van der Waals surface area contributed by atoms with Crippen molar-refractivity contribution >= 4 is 23.7 Å². The molecule has 162 valence electrons. The van der Waals surface area contributed by atoms with Crippen molar-refractivity contribution < 1.29 is 19.4 Å². The SMILES string of the molecule is CCCCc1nnc(SCC(=O)OC)n1Cc1ccc(-c2ccccc2C(=O)O)cc1. The molecule has 31 heavy (non-hydrogen) atoms. The molecule has 0 fully saturated rings. The summed E-state index contributed by atoms with van der Waals surface area (Å²) in [6.45, 7) is 2.69. The molecule has 3 rings (SSSR count). The molecule has 0 radical (unpaired) electrons. The van der Waals surface area contributed by atoms with Crippen molar-refractivity contribution in [2.75, 3.05) is 12.9 Å². The number of rotatable bonds is 10. The quantitative estimate of drug-likeness (QED) is 0.372. The summed E-state index contributed by atoms with van der Waals surface area (Å²) in [6, 6.07) is 14.8. The van der Waals surface area contributed by atoms with Crippen LogP contribution in [-0.4, -0.2) is 44.7 Å². The summed E-state index contributed by atoms with van der Waals surface area (Å²) in [5.74, 6) is -0.199. The number of carbonyl (C=O) groups excluding carboxylic acids is 1. The number of benzene rings is 2. The fourth-order valence-electron chi connectivity index (χ4n) is 3.18. The Balaban J connectivity index is 1.84.